The van der Waals surface area contributed by atoms with E-state index < -0.39 is 0 Å². The largest absolute Gasteiger partial charge is 0.497 e. The Morgan fingerprint density at radius 3 is 2.40 bits per heavy atom. The van der Waals surface area contributed by atoms with E-state index in [0.29, 0.717) is 24.5 Å². The van der Waals surface area contributed by atoms with Crippen molar-refractivity contribution in [2.75, 3.05) is 33.4 Å². The molecule has 0 unspecified atom stereocenters. The molecule has 1 atom stereocenters. The summed E-state index contributed by atoms with van der Waals surface area (Å²) in [7, 11) is 1.68. The topological polar surface area (TPSA) is 50.8 Å². The van der Waals surface area contributed by atoms with Crippen molar-refractivity contribution in [3.05, 3.63) is 59.7 Å². The number of hydrogen-bond donors (Lipinski definition) is 1. The Morgan fingerprint density at radius 1 is 1.03 bits per heavy atom. The zero-order valence-electron chi connectivity index (χ0n) is 18.2. The van der Waals surface area contributed by atoms with Gasteiger partial charge in [-0.05, 0) is 62.2 Å². The minimum absolute atomic E-state index is 0.0879. The van der Waals surface area contributed by atoms with Gasteiger partial charge in [0.25, 0.3) is 5.91 Å². The molecule has 1 heterocycles. The molecule has 162 valence electrons. The van der Waals surface area contributed by atoms with Gasteiger partial charge in [-0.25, -0.2) is 0 Å². The van der Waals surface area contributed by atoms with Crippen molar-refractivity contribution in [2.24, 2.45) is 0 Å². The van der Waals surface area contributed by atoms with E-state index in [1.165, 1.54) is 31.2 Å². The molecule has 2 aromatic carbocycles. The van der Waals surface area contributed by atoms with Crippen molar-refractivity contribution in [1.29, 1.82) is 0 Å². The highest BCUT2D eigenvalue weighted by molar-refractivity contribution is 5.96. The van der Waals surface area contributed by atoms with Crippen LogP contribution in [0.4, 0.5) is 0 Å². The average molecular weight is 411 g/mol. The first-order valence-corrected chi connectivity index (χ1v) is 11.1. The van der Waals surface area contributed by atoms with Gasteiger partial charge >= 0.3 is 0 Å². The molecule has 2 aromatic rings. The Hall–Kier alpha value is -2.53. The molecule has 1 fully saturated rings. The van der Waals surface area contributed by atoms with Gasteiger partial charge in [-0.1, -0.05) is 44.0 Å². The van der Waals surface area contributed by atoms with Gasteiger partial charge in [-0.3, -0.25) is 9.69 Å². The fourth-order valence-electron chi connectivity index (χ4n) is 3.97. The fraction of sp³-hybridized carbons (Fsp3) is 0.480. The van der Waals surface area contributed by atoms with Gasteiger partial charge in [0.2, 0.25) is 0 Å². The highest BCUT2D eigenvalue weighted by atomic mass is 16.5. The Bertz CT molecular complexity index is 783. The van der Waals surface area contributed by atoms with Gasteiger partial charge in [0.05, 0.1) is 25.3 Å². The van der Waals surface area contributed by atoms with Crippen molar-refractivity contribution in [3.8, 4) is 11.5 Å². The van der Waals surface area contributed by atoms with Crippen LogP contribution in [-0.2, 0) is 0 Å². The normalized spacial score (nSPS) is 15.8. The predicted octanol–water partition coefficient (Wildman–Crippen LogP) is 4.83. The van der Waals surface area contributed by atoms with E-state index in [1.807, 2.05) is 36.4 Å². The Kier molecular flexibility index (Phi) is 8.57. The molecule has 0 bridgehead atoms. The number of carbonyl (C=O) groups is 1. The predicted molar refractivity (Wildman–Crippen MR) is 120 cm³/mol. The van der Waals surface area contributed by atoms with Crippen LogP contribution in [0.2, 0.25) is 0 Å². The zero-order chi connectivity index (χ0) is 21.2. The summed E-state index contributed by atoms with van der Waals surface area (Å²) >= 11 is 0. The second-order valence-corrected chi connectivity index (χ2v) is 7.79. The number of ether oxygens (including phenoxy) is 2. The van der Waals surface area contributed by atoms with Gasteiger partial charge in [-0.15, -0.1) is 0 Å². The Morgan fingerprint density at radius 2 is 1.73 bits per heavy atom. The number of carbonyl (C=O) groups excluding carboxylic acids is 1. The van der Waals surface area contributed by atoms with Crippen LogP contribution in [0, 0.1) is 0 Å². The number of methoxy groups -OCH3 is 1. The van der Waals surface area contributed by atoms with Crippen LogP contribution in [-0.4, -0.2) is 44.2 Å². The summed E-state index contributed by atoms with van der Waals surface area (Å²) in [5.41, 5.74) is 1.80. The highest BCUT2D eigenvalue weighted by Gasteiger charge is 2.23. The number of rotatable bonds is 9. The number of amides is 1. The summed E-state index contributed by atoms with van der Waals surface area (Å²) in [6.45, 7) is 5.34. The van der Waals surface area contributed by atoms with Crippen molar-refractivity contribution in [1.82, 2.24) is 10.2 Å². The minimum Gasteiger partial charge on any atom is -0.497 e. The summed E-state index contributed by atoms with van der Waals surface area (Å²) in [4.78, 5) is 15.5. The van der Waals surface area contributed by atoms with Crippen LogP contribution in [0.5, 0.6) is 11.5 Å². The maximum Gasteiger partial charge on any atom is 0.255 e. The van der Waals surface area contributed by atoms with E-state index in [-0.39, 0.29) is 11.9 Å². The molecule has 3 rings (SSSR count). The molecule has 1 aliphatic rings. The maximum atomic E-state index is 13.0. The van der Waals surface area contributed by atoms with Crippen LogP contribution in [0.3, 0.4) is 0 Å². The minimum atomic E-state index is -0.0879. The second kappa shape index (κ2) is 11.6. The number of likely N-dealkylation sites (tertiary alicyclic amines) is 1. The number of hydrogen-bond acceptors (Lipinski definition) is 4. The Labute approximate surface area is 180 Å². The molecule has 0 radical (unpaired) electrons. The third kappa shape index (κ3) is 5.99. The molecule has 1 N–H and O–H groups in total. The molecule has 1 aliphatic heterocycles. The molecule has 0 saturated carbocycles. The molecular weight excluding hydrogens is 376 g/mol. The fourth-order valence-corrected chi connectivity index (χ4v) is 3.97. The lowest BCUT2D eigenvalue weighted by molar-refractivity contribution is 0.0929. The summed E-state index contributed by atoms with van der Waals surface area (Å²) in [5, 5.41) is 3.17. The standard InChI is InChI=1S/C25H34N2O3/c1-3-18-30-24-11-7-6-10-22(24)25(28)26-19-23(27-16-8-4-5-9-17-27)20-12-14-21(29-2)15-13-20/h6-7,10-15,23H,3-5,8-9,16-19H2,1-2H3,(H,26,28)/t23-/m0/s1. The van der Waals surface area contributed by atoms with Gasteiger partial charge in [0.1, 0.15) is 11.5 Å². The van der Waals surface area contributed by atoms with E-state index in [2.05, 4.69) is 29.3 Å². The number of nitrogens with zero attached hydrogens (tertiary/aromatic N) is 1. The molecular formula is C25H34N2O3. The van der Waals surface area contributed by atoms with E-state index in [0.717, 1.165) is 25.3 Å². The lowest BCUT2D eigenvalue weighted by Crippen LogP contribution is -2.38. The summed E-state index contributed by atoms with van der Waals surface area (Å²) in [6.07, 6.45) is 5.87. The third-order valence-electron chi connectivity index (χ3n) is 5.63. The van der Waals surface area contributed by atoms with E-state index in [1.54, 1.807) is 7.11 Å². The van der Waals surface area contributed by atoms with Crippen molar-refractivity contribution in [2.45, 2.75) is 45.1 Å². The third-order valence-corrected chi connectivity index (χ3v) is 5.63. The van der Waals surface area contributed by atoms with Gasteiger partial charge in [-0.2, -0.15) is 0 Å². The SMILES string of the molecule is CCCOc1ccccc1C(=O)NC[C@@H](c1ccc(OC)cc1)N1CCCCCC1. The molecule has 30 heavy (non-hydrogen) atoms. The molecule has 5 nitrogen and oxygen atoms in total. The smallest absolute Gasteiger partial charge is 0.255 e. The van der Waals surface area contributed by atoms with E-state index >= 15 is 0 Å². The van der Waals surface area contributed by atoms with Crippen LogP contribution >= 0.6 is 0 Å². The first kappa shape index (κ1) is 22.2. The molecule has 0 aliphatic carbocycles. The van der Waals surface area contributed by atoms with Crippen molar-refractivity contribution >= 4 is 5.91 Å². The summed E-state index contributed by atoms with van der Waals surface area (Å²) in [6, 6.07) is 15.8. The van der Waals surface area contributed by atoms with Crippen LogP contribution in [0.15, 0.2) is 48.5 Å². The highest BCUT2D eigenvalue weighted by Crippen LogP contribution is 2.26. The first-order chi connectivity index (χ1) is 14.7. The average Bonchev–Trinajstić information content (AvgIpc) is 3.08. The zero-order valence-corrected chi connectivity index (χ0v) is 18.2. The molecule has 0 aromatic heterocycles. The number of para-hydroxylation sites is 1. The lowest BCUT2D eigenvalue weighted by atomic mass is 10.0. The first-order valence-electron chi connectivity index (χ1n) is 11.1. The van der Waals surface area contributed by atoms with E-state index in [4.69, 9.17) is 9.47 Å². The molecule has 1 amide bonds. The summed E-state index contributed by atoms with van der Waals surface area (Å²) < 4.78 is 11.1. The van der Waals surface area contributed by atoms with Crippen LogP contribution in [0.1, 0.15) is 61.0 Å². The van der Waals surface area contributed by atoms with Gasteiger partial charge in [0.15, 0.2) is 0 Å². The van der Waals surface area contributed by atoms with Crippen molar-refractivity contribution < 1.29 is 14.3 Å². The molecule has 0 spiro atoms. The Balaban J connectivity index is 1.75. The summed E-state index contributed by atoms with van der Waals surface area (Å²) in [5.74, 6) is 1.40. The van der Waals surface area contributed by atoms with Crippen LogP contribution < -0.4 is 14.8 Å². The van der Waals surface area contributed by atoms with E-state index in [9.17, 15) is 4.79 Å². The van der Waals surface area contributed by atoms with Crippen molar-refractivity contribution in [3.63, 3.8) is 0 Å². The lowest BCUT2D eigenvalue weighted by Gasteiger charge is -2.31. The quantitative estimate of drug-likeness (QED) is 0.643. The number of benzene rings is 2. The second-order valence-electron chi connectivity index (χ2n) is 7.79. The number of nitrogens with one attached hydrogen (secondary N) is 1. The monoisotopic (exact) mass is 410 g/mol. The molecule has 1 saturated heterocycles. The van der Waals surface area contributed by atoms with Gasteiger partial charge < -0.3 is 14.8 Å². The van der Waals surface area contributed by atoms with Crippen LogP contribution in [0.25, 0.3) is 0 Å². The maximum absolute atomic E-state index is 13.0. The molecule has 5 heteroatoms. The van der Waals surface area contributed by atoms with Gasteiger partial charge in [0, 0.05) is 6.54 Å².